The molecule has 1 saturated carbocycles. The van der Waals surface area contributed by atoms with E-state index in [0.717, 1.165) is 19.4 Å². The predicted octanol–water partition coefficient (Wildman–Crippen LogP) is 4.61. The Morgan fingerprint density at radius 3 is 3.00 bits per heavy atom. The van der Waals surface area contributed by atoms with Gasteiger partial charge in [0.05, 0.1) is 0 Å². The zero-order chi connectivity index (χ0) is 13.0. The molecule has 1 aromatic rings. The summed E-state index contributed by atoms with van der Waals surface area (Å²) in [5.41, 5.74) is 0. The molecule has 4 heteroatoms. The average molecular weight is 273 g/mol. The van der Waals surface area contributed by atoms with Crippen molar-refractivity contribution in [1.82, 2.24) is 5.32 Å². The van der Waals surface area contributed by atoms with Crippen molar-refractivity contribution in [1.29, 1.82) is 0 Å². The van der Waals surface area contributed by atoms with Crippen LogP contribution in [0.4, 0.5) is 8.78 Å². The molecule has 1 aliphatic rings. The molecule has 102 valence electrons. The summed E-state index contributed by atoms with van der Waals surface area (Å²) in [4.78, 5) is 1.27. The number of hydrogen-bond acceptors (Lipinski definition) is 2. The lowest BCUT2D eigenvalue weighted by Crippen LogP contribution is -2.30. The lowest BCUT2D eigenvalue weighted by Gasteiger charge is -2.31. The SMILES string of the molecule is CCNC(CC1CCCC(F)(F)C1)c1cccs1. The maximum Gasteiger partial charge on any atom is 0.248 e. The number of alkyl halides is 2. The minimum atomic E-state index is -2.44. The highest BCUT2D eigenvalue weighted by Gasteiger charge is 2.37. The number of halogens is 2. The first-order valence-electron chi connectivity index (χ1n) is 6.75. The molecule has 18 heavy (non-hydrogen) atoms. The Hall–Kier alpha value is -0.480. The van der Waals surface area contributed by atoms with Crippen molar-refractivity contribution in [3.63, 3.8) is 0 Å². The van der Waals surface area contributed by atoms with Crippen molar-refractivity contribution < 1.29 is 8.78 Å². The summed E-state index contributed by atoms with van der Waals surface area (Å²) in [6.45, 7) is 2.95. The maximum absolute atomic E-state index is 13.4. The molecule has 0 aromatic carbocycles. The third-order valence-corrected chi connectivity index (χ3v) is 4.63. The summed E-state index contributed by atoms with van der Waals surface area (Å²) < 4.78 is 26.8. The fourth-order valence-electron chi connectivity index (χ4n) is 2.85. The van der Waals surface area contributed by atoms with Crippen LogP contribution in [0.2, 0.25) is 0 Å². The fourth-order valence-corrected chi connectivity index (χ4v) is 3.66. The van der Waals surface area contributed by atoms with Crippen LogP contribution in [-0.2, 0) is 0 Å². The van der Waals surface area contributed by atoms with Crippen LogP contribution in [-0.4, -0.2) is 12.5 Å². The van der Waals surface area contributed by atoms with E-state index in [9.17, 15) is 8.78 Å². The Morgan fingerprint density at radius 1 is 1.56 bits per heavy atom. The van der Waals surface area contributed by atoms with E-state index in [4.69, 9.17) is 0 Å². The van der Waals surface area contributed by atoms with Crippen molar-refractivity contribution in [3.05, 3.63) is 22.4 Å². The fraction of sp³-hybridized carbons (Fsp3) is 0.714. The monoisotopic (exact) mass is 273 g/mol. The standard InChI is InChI=1S/C14H21F2NS/c1-2-17-12(13-6-4-8-18-13)9-11-5-3-7-14(15,16)10-11/h4,6,8,11-12,17H,2-3,5,7,9-10H2,1H3. The molecule has 1 nitrogen and oxygen atoms in total. The summed E-state index contributed by atoms with van der Waals surface area (Å²) in [6, 6.07) is 4.37. The molecule has 0 bridgehead atoms. The van der Waals surface area contributed by atoms with Gasteiger partial charge in [-0.1, -0.05) is 13.0 Å². The molecule has 0 radical (unpaired) electrons. The third kappa shape index (κ3) is 3.75. The van der Waals surface area contributed by atoms with Crippen LogP contribution in [0.3, 0.4) is 0 Å². The molecule has 1 N–H and O–H groups in total. The van der Waals surface area contributed by atoms with Crippen molar-refractivity contribution in [2.75, 3.05) is 6.54 Å². The lowest BCUT2D eigenvalue weighted by molar-refractivity contribution is -0.0547. The highest BCUT2D eigenvalue weighted by molar-refractivity contribution is 7.10. The highest BCUT2D eigenvalue weighted by atomic mass is 32.1. The molecule has 1 aliphatic carbocycles. The normalized spacial score (nSPS) is 24.9. The van der Waals surface area contributed by atoms with Crippen LogP contribution in [0, 0.1) is 5.92 Å². The summed E-state index contributed by atoms with van der Waals surface area (Å²) in [5, 5.41) is 5.48. The van der Waals surface area contributed by atoms with E-state index in [1.165, 1.54) is 4.88 Å². The minimum absolute atomic E-state index is 0.0697. The summed E-state index contributed by atoms with van der Waals surface area (Å²) in [7, 11) is 0. The molecule has 0 spiro atoms. The van der Waals surface area contributed by atoms with Gasteiger partial charge in [-0.05, 0) is 43.2 Å². The molecule has 2 atom stereocenters. The van der Waals surface area contributed by atoms with Gasteiger partial charge < -0.3 is 5.32 Å². The van der Waals surface area contributed by atoms with Gasteiger partial charge in [-0.15, -0.1) is 11.3 Å². The van der Waals surface area contributed by atoms with E-state index in [0.29, 0.717) is 6.42 Å². The van der Waals surface area contributed by atoms with Crippen LogP contribution in [0.15, 0.2) is 17.5 Å². The van der Waals surface area contributed by atoms with Crippen molar-refractivity contribution in [2.24, 2.45) is 5.92 Å². The largest absolute Gasteiger partial charge is 0.310 e. The number of hydrogen-bond donors (Lipinski definition) is 1. The summed E-state index contributed by atoms with van der Waals surface area (Å²) in [6.07, 6.45) is 2.60. The smallest absolute Gasteiger partial charge is 0.248 e. The highest BCUT2D eigenvalue weighted by Crippen LogP contribution is 2.40. The number of thiophene rings is 1. The van der Waals surface area contributed by atoms with E-state index in [-0.39, 0.29) is 24.8 Å². The molecule has 1 aromatic heterocycles. The predicted molar refractivity (Wildman–Crippen MR) is 72.3 cm³/mol. The van der Waals surface area contributed by atoms with Crippen LogP contribution >= 0.6 is 11.3 Å². The van der Waals surface area contributed by atoms with Gasteiger partial charge in [0.15, 0.2) is 0 Å². The number of rotatable bonds is 5. The van der Waals surface area contributed by atoms with E-state index >= 15 is 0 Å². The number of nitrogens with one attached hydrogen (secondary N) is 1. The first-order chi connectivity index (χ1) is 8.61. The van der Waals surface area contributed by atoms with Crippen LogP contribution in [0.1, 0.15) is 49.9 Å². The van der Waals surface area contributed by atoms with Crippen molar-refractivity contribution in [2.45, 2.75) is 51.0 Å². The van der Waals surface area contributed by atoms with Crippen molar-refractivity contribution in [3.8, 4) is 0 Å². The van der Waals surface area contributed by atoms with Gasteiger partial charge in [-0.3, -0.25) is 0 Å². The van der Waals surface area contributed by atoms with Gasteiger partial charge in [0.25, 0.3) is 0 Å². The van der Waals surface area contributed by atoms with Gasteiger partial charge in [-0.25, -0.2) is 8.78 Å². The Morgan fingerprint density at radius 2 is 2.39 bits per heavy atom. The Bertz CT molecular complexity index is 351. The van der Waals surface area contributed by atoms with Gasteiger partial charge in [0.1, 0.15) is 0 Å². The topological polar surface area (TPSA) is 12.0 Å². The van der Waals surface area contributed by atoms with E-state index < -0.39 is 5.92 Å². The molecule has 0 aliphatic heterocycles. The van der Waals surface area contributed by atoms with Crippen LogP contribution in [0.5, 0.6) is 0 Å². The molecule has 1 heterocycles. The quantitative estimate of drug-likeness (QED) is 0.825. The lowest BCUT2D eigenvalue weighted by atomic mass is 9.82. The third-order valence-electron chi connectivity index (χ3n) is 3.65. The molecule has 0 amide bonds. The second-order valence-corrected chi connectivity index (χ2v) is 6.16. The van der Waals surface area contributed by atoms with Gasteiger partial charge >= 0.3 is 0 Å². The van der Waals surface area contributed by atoms with E-state index in [2.05, 4.69) is 23.7 Å². The second kappa shape index (κ2) is 6.11. The second-order valence-electron chi connectivity index (χ2n) is 5.18. The first-order valence-corrected chi connectivity index (χ1v) is 7.63. The maximum atomic E-state index is 13.4. The zero-order valence-corrected chi connectivity index (χ0v) is 11.6. The van der Waals surface area contributed by atoms with Crippen LogP contribution < -0.4 is 5.32 Å². The summed E-state index contributed by atoms with van der Waals surface area (Å²) in [5.74, 6) is -2.28. The molecule has 2 unspecified atom stereocenters. The molecular weight excluding hydrogens is 252 g/mol. The molecule has 1 fully saturated rings. The van der Waals surface area contributed by atoms with Gasteiger partial charge in [-0.2, -0.15) is 0 Å². The average Bonchev–Trinajstić information content (AvgIpc) is 2.80. The zero-order valence-electron chi connectivity index (χ0n) is 10.8. The molecule has 2 rings (SSSR count). The van der Waals surface area contributed by atoms with Gasteiger partial charge in [0.2, 0.25) is 5.92 Å². The molecule has 0 saturated heterocycles. The van der Waals surface area contributed by atoms with E-state index in [1.807, 2.05) is 6.07 Å². The Balaban J connectivity index is 1.96. The van der Waals surface area contributed by atoms with E-state index in [1.54, 1.807) is 11.3 Å². The Labute approximate surface area is 112 Å². The Kier molecular flexibility index (Phi) is 4.73. The molecular formula is C14H21F2NS. The first kappa shape index (κ1) is 13.9. The van der Waals surface area contributed by atoms with Gasteiger partial charge in [0, 0.05) is 23.8 Å². The summed E-state index contributed by atoms with van der Waals surface area (Å²) >= 11 is 1.71. The van der Waals surface area contributed by atoms with Crippen LogP contribution in [0.25, 0.3) is 0 Å². The minimum Gasteiger partial charge on any atom is -0.310 e. The van der Waals surface area contributed by atoms with Crippen molar-refractivity contribution >= 4 is 11.3 Å².